The van der Waals surface area contributed by atoms with Gasteiger partial charge in [-0.05, 0) is 31.0 Å². The highest BCUT2D eigenvalue weighted by Gasteiger charge is 2.26. The third-order valence-electron chi connectivity index (χ3n) is 5.96. The Kier molecular flexibility index (Phi) is 4.81. The summed E-state index contributed by atoms with van der Waals surface area (Å²) < 4.78 is 3.79. The molecule has 0 amide bonds. The number of imidazole rings is 1. The van der Waals surface area contributed by atoms with Crippen LogP contribution in [0.25, 0.3) is 10.9 Å². The Bertz CT molecular complexity index is 1060. The number of piperazine rings is 1. The number of hydrogen-bond acceptors (Lipinski definition) is 6. The van der Waals surface area contributed by atoms with E-state index in [1.165, 1.54) is 29.4 Å². The second kappa shape index (κ2) is 7.61. The molecule has 2 fully saturated rings. The van der Waals surface area contributed by atoms with E-state index < -0.39 is 0 Å². The Labute approximate surface area is 169 Å². The Hall–Kier alpha value is -2.71. The molecule has 8 heteroatoms. The van der Waals surface area contributed by atoms with Crippen LogP contribution < -0.4 is 10.5 Å². The molecular formula is C21H26N6O2. The van der Waals surface area contributed by atoms with Crippen LogP contribution in [0.2, 0.25) is 0 Å². The first-order valence-corrected chi connectivity index (χ1v) is 10.3. The first kappa shape index (κ1) is 18.3. The summed E-state index contributed by atoms with van der Waals surface area (Å²) in [7, 11) is 0. The Balaban J connectivity index is 1.26. The molecule has 1 aliphatic heterocycles. The standard InChI is InChI=1S/C21H26N6O2/c28-10-9-26-15-23-20-11-17(3-4-19(20)21(26)29)25-7-5-24(6-8-25)13-18-12-22-14-27(18)16-1-2-16/h3-4,11-12,14-16,28H,1-2,5-10,13H2. The van der Waals surface area contributed by atoms with E-state index in [1.807, 2.05) is 30.7 Å². The van der Waals surface area contributed by atoms with E-state index in [0.717, 1.165) is 38.4 Å². The third-order valence-corrected chi connectivity index (χ3v) is 5.96. The topological polar surface area (TPSA) is 79.4 Å². The molecule has 1 aromatic carbocycles. The Morgan fingerprint density at radius 3 is 2.69 bits per heavy atom. The van der Waals surface area contributed by atoms with Crippen LogP contribution >= 0.6 is 0 Å². The van der Waals surface area contributed by atoms with Crippen LogP contribution in [0.4, 0.5) is 5.69 Å². The number of aromatic nitrogens is 4. The summed E-state index contributed by atoms with van der Waals surface area (Å²) in [5, 5.41) is 9.67. The summed E-state index contributed by atoms with van der Waals surface area (Å²) in [6, 6.07) is 6.53. The Morgan fingerprint density at radius 2 is 1.93 bits per heavy atom. The van der Waals surface area contributed by atoms with Gasteiger partial charge in [0, 0.05) is 50.6 Å². The third kappa shape index (κ3) is 3.65. The lowest BCUT2D eigenvalue weighted by atomic mass is 10.2. The highest BCUT2D eigenvalue weighted by Crippen LogP contribution is 2.35. The molecular weight excluding hydrogens is 368 g/mol. The number of aliphatic hydroxyl groups excluding tert-OH is 1. The van der Waals surface area contributed by atoms with E-state index in [0.29, 0.717) is 16.9 Å². The molecule has 2 aliphatic rings. The molecule has 5 rings (SSSR count). The summed E-state index contributed by atoms with van der Waals surface area (Å²) in [5.41, 5.74) is 3.02. The van der Waals surface area contributed by atoms with Crippen molar-refractivity contribution in [2.24, 2.45) is 0 Å². The predicted octanol–water partition coefficient (Wildman–Crippen LogP) is 1.24. The molecule has 0 atom stereocenters. The van der Waals surface area contributed by atoms with Crippen molar-refractivity contribution >= 4 is 16.6 Å². The van der Waals surface area contributed by atoms with Gasteiger partial charge in [0.2, 0.25) is 0 Å². The number of hydrogen-bond donors (Lipinski definition) is 1. The number of fused-ring (bicyclic) bond motifs is 1. The van der Waals surface area contributed by atoms with Crippen molar-refractivity contribution in [1.29, 1.82) is 0 Å². The van der Waals surface area contributed by atoms with Crippen molar-refractivity contribution in [2.45, 2.75) is 32.0 Å². The first-order chi connectivity index (χ1) is 14.2. The fourth-order valence-electron chi connectivity index (χ4n) is 4.14. The van der Waals surface area contributed by atoms with Crippen molar-refractivity contribution in [3.8, 4) is 0 Å². The summed E-state index contributed by atoms with van der Waals surface area (Å²) in [4.78, 5) is 26.1. The molecule has 0 spiro atoms. The minimum atomic E-state index is -0.104. The Morgan fingerprint density at radius 1 is 1.10 bits per heavy atom. The minimum Gasteiger partial charge on any atom is -0.395 e. The average Bonchev–Trinajstić information content (AvgIpc) is 3.49. The number of rotatable bonds is 6. The highest BCUT2D eigenvalue weighted by atomic mass is 16.3. The molecule has 29 heavy (non-hydrogen) atoms. The number of aliphatic hydroxyl groups is 1. The molecule has 1 aliphatic carbocycles. The number of nitrogens with zero attached hydrogens (tertiary/aromatic N) is 6. The quantitative estimate of drug-likeness (QED) is 0.678. The summed E-state index contributed by atoms with van der Waals surface area (Å²) in [6.07, 6.45) is 8.05. The number of benzene rings is 1. The zero-order chi connectivity index (χ0) is 19.8. The second-order valence-electron chi connectivity index (χ2n) is 7.95. The molecule has 3 aromatic rings. The fraction of sp³-hybridized carbons (Fsp3) is 0.476. The smallest absolute Gasteiger partial charge is 0.261 e. The van der Waals surface area contributed by atoms with E-state index in [1.54, 1.807) is 0 Å². The van der Waals surface area contributed by atoms with Crippen LogP contribution in [-0.2, 0) is 13.1 Å². The van der Waals surface area contributed by atoms with Crippen molar-refractivity contribution < 1.29 is 5.11 Å². The molecule has 3 heterocycles. The molecule has 1 saturated heterocycles. The second-order valence-corrected chi connectivity index (χ2v) is 7.95. The van der Waals surface area contributed by atoms with Gasteiger partial charge in [-0.2, -0.15) is 0 Å². The van der Waals surface area contributed by atoms with Gasteiger partial charge in [-0.25, -0.2) is 9.97 Å². The van der Waals surface area contributed by atoms with Crippen molar-refractivity contribution in [3.05, 3.63) is 53.1 Å². The van der Waals surface area contributed by atoms with E-state index in [4.69, 9.17) is 5.11 Å². The molecule has 0 bridgehead atoms. The first-order valence-electron chi connectivity index (χ1n) is 10.3. The van der Waals surface area contributed by atoms with E-state index >= 15 is 0 Å². The van der Waals surface area contributed by atoms with Crippen molar-refractivity contribution in [1.82, 2.24) is 24.0 Å². The molecule has 0 radical (unpaired) electrons. The van der Waals surface area contributed by atoms with E-state index in [9.17, 15) is 4.79 Å². The zero-order valence-electron chi connectivity index (χ0n) is 16.4. The van der Waals surface area contributed by atoms with Gasteiger partial charge in [-0.1, -0.05) is 0 Å². The summed E-state index contributed by atoms with van der Waals surface area (Å²) in [6.45, 7) is 5.05. The molecule has 152 valence electrons. The van der Waals surface area contributed by atoms with Crippen LogP contribution in [-0.4, -0.2) is 61.9 Å². The summed E-state index contributed by atoms with van der Waals surface area (Å²) in [5.74, 6) is 0. The lowest BCUT2D eigenvalue weighted by Crippen LogP contribution is -2.46. The SMILES string of the molecule is O=c1c2ccc(N3CCN(Cc4cncn4C4CC4)CC3)cc2ncn1CCO. The monoisotopic (exact) mass is 394 g/mol. The molecule has 1 N–H and O–H groups in total. The van der Waals surface area contributed by atoms with Crippen LogP contribution in [0.3, 0.4) is 0 Å². The van der Waals surface area contributed by atoms with Crippen LogP contribution in [0.1, 0.15) is 24.6 Å². The van der Waals surface area contributed by atoms with Crippen LogP contribution in [0.15, 0.2) is 41.8 Å². The molecule has 0 unspecified atom stereocenters. The van der Waals surface area contributed by atoms with E-state index in [-0.39, 0.29) is 18.7 Å². The maximum Gasteiger partial charge on any atom is 0.261 e. The molecule has 2 aromatic heterocycles. The highest BCUT2D eigenvalue weighted by molar-refractivity contribution is 5.81. The van der Waals surface area contributed by atoms with E-state index in [2.05, 4.69) is 24.3 Å². The lowest BCUT2D eigenvalue weighted by Gasteiger charge is -2.36. The zero-order valence-corrected chi connectivity index (χ0v) is 16.4. The summed E-state index contributed by atoms with van der Waals surface area (Å²) >= 11 is 0. The largest absolute Gasteiger partial charge is 0.395 e. The minimum absolute atomic E-state index is 0.0725. The normalized spacial score (nSPS) is 17.9. The van der Waals surface area contributed by atoms with Gasteiger partial charge in [0.15, 0.2) is 0 Å². The van der Waals surface area contributed by atoms with Crippen molar-refractivity contribution in [3.63, 3.8) is 0 Å². The van der Waals surface area contributed by atoms with Crippen LogP contribution in [0.5, 0.6) is 0 Å². The van der Waals surface area contributed by atoms with Crippen molar-refractivity contribution in [2.75, 3.05) is 37.7 Å². The lowest BCUT2D eigenvalue weighted by molar-refractivity contribution is 0.244. The van der Waals surface area contributed by atoms with Gasteiger partial charge in [-0.3, -0.25) is 14.3 Å². The maximum absolute atomic E-state index is 12.5. The average molecular weight is 394 g/mol. The van der Waals surface area contributed by atoms with Gasteiger partial charge in [0.25, 0.3) is 5.56 Å². The van der Waals surface area contributed by atoms with Gasteiger partial charge in [0.05, 0.1) is 42.4 Å². The van der Waals surface area contributed by atoms with Crippen LogP contribution in [0, 0.1) is 0 Å². The van der Waals surface area contributed by atoms with Gasteiger partial charge < -0.3 is 14.6 Å². The molecule has 1 saturated carbocycles. The molecule has 8 nitrogen and oxygen atoms in total. The number of anilines is 1. The van der Waals surface area contributed by atoms with Gasteiger partial charge in [-0.15, -0.1) is 0 Å². The maximum atomic E-state index is 12.5. The predicted molar refractivity (Wildman–Crippen MR) is 111 cm³/mol. The van der Waals surface area contributed by atoms with Gasteiger partial charge in [0.1, 0.15) is 0 Å². The fourth-order valence-corrected chi connectivity index (χ4v) is 4.14. The van der Waals surface area contributed by atoms with Gasteiger partial charge >= 0.3 is 0 Å².